The van der Waals surface area contributed by atoms with Crippen molar-refractivity contribution in [1.82, 2.24) is 9.47 Å². The van der Waals surface area contributed by atoms with E-state index in [2.05, 4.69) is 0 Å². The summed E-state index contributed by atoms with van der Waals surface area (Å²) < 4.78 is 1.79. The molecule has 0 saturated carbocycles. The number of nitro groups is 1. The van der Waals surface area contributed by atoms with Crippen molar-refractivity contribution >= 4 is 28.9 Å². The van der Waals surface area contributed by atoms with Crippen molar-refractivity contribution in [2.75, 3.05) is 31.1 Å². The minimum absolute atomic E-state index is 0.00953. The Hall–Kier alpha value is -2.54. The van der Waals surface area contributed by atoms with Gasteiger partial charge in [-0.05, 0) is 24.3 Å². The second kappa shape index (κ2) is 6.52. The summed E-state index contributed by atoms with van der Waals surface area (Å²) in [6.45, 7) is 2.12. The molecule has 2 heterocycles. The van der Waals surface area contributed by atoms with Crippen LogP contribution >= 0.6 is 11.6 Å². The fraction of sp³-hybridized carbons (Fsp3) is 0.312. The summed E-state index contributed by atoms with van der Waals surface area (Å²) in [6, 6.07) is 8.29. The average Bonchev–Trinajstić information content (AvgIpc) is 3.00. The van der Waals surface area contributed by atoms with Crippen LogP contribution in [0.3, 0.4) is 0 Å². The summed E-state index contributed by atoms with van der Waals surface area (Å²) in [5, 5.41) is 11.6. The van der Waals surface area contributed by atoms with Gasteiger partial charge in [0.1, 0.15) is 11.4 Å². The third-order valence-corrected chi connectivity index (χ3v) is 4.44. The van der Waals surface area contributed by atoms with E-state index in [1.165, 1.54) is 6.07 Å². The van der Waals surface area contributed by atoms with E-state index >= 15 is 0 Å². The summed E-state index contributed by atoms with van der Waals surface area (Å²) in [5.41, 5.74) is 1.17. The Bertz CT molecular complexity index is 781. The molecule has 1 fully saturated rings. The van der Waals surface area contributed by atoms with Crippen LogP contribution in [0, 0.1) is 10.1 Å². The van der Waals surface area contributed by atoms with Gasteiger partial charge in [0.25, 0.3) is 11.6 Å². The molecular formula is C16H17ClN4O3. The van der Waals surface area contributed by atoms with Crippen LogP contribution in [0.2, 0.25) is 5.02 Å². The number of nitro benzene ring substituents is 1. The van der Waals surface area contributed by atoms with Crippen LogP contribution in [0.5, 0.6) is 0 Å². The molecule has 1 aromatic heterocycles. The molecular weight excluding hydrogens is 332 g/mol. The first-order chi connectivity index (χ1) is 11.5. The Labute approximate surface area is 144 Å². The number of carbonyl (C=O) groups is 1. The van der Waals surface area contributed by atoms with E-state index < -0.39 is 4.92 Å². The lowest BCUT2D eigenvalue weighted by molar-refractivity contribution is -0.384. The topological polar surface area (TPSA) is 71.6 Å². The van der Waals surface area contributed by atoms with Gasteiger partial charge in [0, 0.05) is 50.5 Å². The van der Waals surface area contributed by atoms with Gasteiger partial charge in [0.05, 0.1) is 4.92 Å². The third kappa shape index (κ3) is 3.07. The number of rotatable bonds is 3. The molecule has 0 radical (unpaired) electrons. The number of hydrogen-bond acceptors (Lipinski definition) is 4. The number of piperazine rings is 1. The summed E-state index contributed by atoms with van der Waals surface area (Å²) in [6.07, 6.45) is 1.83. The molecule has 3 rings (SSSR count). The minimum atomic E-state index is -0.428. The third-order valence-electron chi connectivity index (χ3n) is 4.20. The van der Waals surface area contributed by atoms with Gasteiger partial charge in [-0.1, -0.05) is 11.6 Å². The maximum absolute atomic E-state index is 12.5. The highest BCUT2D eigenvalue weighted by molar-refractivity contribution is 6.30. The smallest absolute Gasteiger partial charge is 0.294 e. The van der Waals surface area contributed by atoms with Crippen molar-refractivity contribution in [3.05, 3.63) is 57.4 Å². The number of benzene rings is 1. The Morgan fingerprint density at radius 1 is 1.21 bits per heavy atom. The molecule has 24 heavy (non-hydrogen) atoms. The minimum Gasteiger partial charge on any atom is -0.362 e. The molecule has 126 valence electrons. The molecule has 1 aromatic carbocycles. The molecule has 7 nitrogen and oxygen atoms in total. The van der Waals surface area contributed by atoms with Crippen molar-refractivity contribution in [2.24, 2.45) is 7.05 Å². The standard InChI is InChI=1S/C16H17ClN4O3/c1-18-6-2-3-14(18)16(22)20-9-7-19(8-10-20)13-5-4-12(17)11-15(13)21(23)24/h2-6,11H,7-10H2,1H3. The van der Waals surface area contributed by atoms with E-state index in [-0.39, 0.29) is 11.6 Å². The summed E-state index contributed by atoms with van der Waals surface area (Å²) in [7, 11) is 1.83. The molecule has 0 spiro atoms. The molecule has 1 saturated heterocycles. The second-order valence-electron chi connectivity index (χ2n) is 5.67. The van der Waals surface area contributed by atoms with E-state index in [0.717, 1.165) is 0 Å². The van der Waals surface area contributed by atoms with Crippen molar-refractivity contribution in [3.8, 4) is 0 Å². The highest BCUT2D eigenvalue weighted by atomic mass is 35.5. The largest absolute Gasteiger partial charge is 0.362 e. The summed E-state index contributed by atoms with van der Waals surface area (Å²) in [5.74, 6) is -0.0206. The Morgan fingerprint density at radius 2 is 1.92 bits per heavy atom. The Morgan fingerprint density at radius 3 is 2.50 bits per heavy atom. The number of halogens is 1. The van der Waals surface area contributed by atoms with Gasteiger partial charge in [-0.3, -0.25) is 14.9 Å². The van der Waals surface area contributed by atoms with Crippen molar-refractivity contribution in [2.45, 2.75) is 0 Å². The summed E-state index contributed by atoms with van der Waals surface area (Å²) >= 11 is 5.86. The molecule has 0 atom stereocenters. The molecule has 1 amide bonds. The number of amides is 1. The van der Waals surface area contributed by atoms with Gasteiger partial charge in [0.2, 0.25) is 0 Å². The highest BCUT2D eigenvalue weighted by Crippen LogP contribution is 2.31. The SMILES string of the molecule is Cn1cccc1C(=O)N1CCN(c2ccc(Cl)cc2[N+](=O)[O-])CC1. The maximum atomic E-state index is 12.5. The Kier molecular flexibility index (Phi) is 4.44. The van der Waals surface area contributed by atoms with E-state index in [9.17, 15) is 14.9 Å². The number of aromatic nitrogens is 1. The van der Waals surface area contributed by atoms with Crippen molar-refractivity contribution in [1.29, 1.82) is 0 Å². The lowest BCUT2D eigenvalue weighted by Crippen LogP contribution is -2.49. The van der Waals surface area contributed by atoms with E-state index in [0.29, 0.717) is 42.6 Å². The Balaban J connectivity index is 1.73. The molecule has 8 heteroatoms. The zero-order valence-electron chi connectivity index (χ0n) is 13.2. The molecule has 0 N–H and O–H groups in total. The predicted molar refractivity (Wildman–Crippen MR) is 91.6 cm³/mol. The zero-order chi connectivity index (χ0) is 17.3. The zero-order valence-corrected chi connectivity index (χ0v) is 13.9. The van der Waals surface area contributed by atoms with Crippen LogP contribution in [-0.4, -0.2) is 46.5 Å². The lowest BCUT2D eigenvalue weighted by Gasteiger charge is -2.35. The number of nitrogens with zero attached hydrogens (tertiary/aromatic N) is 4. The van der Waals surface area contributed by atoms with E-state index in [1.54, 1.807) is 27.7 Å². The van der Waals surface area contributed by atoms with Gasteiger partial charge in [0.15, 0.2) is 0 Å². The first kappa shape index (κ1) is 16.3. The molecule has 0 bridgehead atoms. The van der Waals surface area contributed by atoms with Gasteiger partial charge in [-0.25, -0.2) is 0 Å². The second-order valence-corrected chi connectivity index (χ2v) is 6.11. The number of anilines is 1. The average molecular weight is 349 g/mol. The van der Waals surface area contributed by atoms with Crippen LogP contribution < -0.4 is 4.90 Å². The van der Waals surface area contributed by atoms with E-state index in [4.69, 9.17) is 11.6 Å². The van der Waals surface area contributed by atoms with Crippen LogP contribution in [0.4, 0.5) is 11.4 Å². The van der Waals surface area contributed by atoms with Gasteiger partial charge in [-0.2, -0.15) is 0 Å². The van der Waals surface area contributed by atoms with E-state index in [1.807, 2.05) is 24.2 Å². The predicted octanol–water partition coefficient (Wildman–Crippen LogP) is 2.55. The molecule has 0 aliphatic carbocycles. The fourth-order valence-corrected chi connectivity index (χ4v) is 3.07. The number of carbonyl (C=O) groups excluding carboxylic acids is 1. The lowest BCUT2D eigenvalue weighted by atomic mass is 10.2. The summed E-state index contributed by atoms with van der Waals surface area (Å²) in [4.78, 5) is 27.0. The number of aryl methyl sites for hydroxylation is 1. The number of hydrogen-bond donors (Lipinski definition) is 0. The van der Waals surface area contributed by atoms with Gasteiger partial charge >= 0.3 is 0 Å². The fourth-order valence-electron chi connectivity index (χ4n) is 2.91. The molecule has 1 aliphatic heterocycles. The van der Waals surface area contributed by atoms with Gasteiger partial charge < -0.3 is 14.4 Å². The molecule has 2 aromatic rings. The van der Waals surface area contributed by atoms with Crippen LogP contribution in [0.15, 0.2) is 36.5 Å². The van der Waals surface area contributed by atoms with Crippen LogP contribution in [-0.2, 0) is 7.05 Å². The quantitative estimate of drug-likeness (QED) is 0.631. The monoisotopic (exact) mass is 348 g/mol. The van der Waals surface area contributed by atoms with Crippen LogP contribution in [0.25, 0.3) is 0 Å². The van der Waals surface area contributed by atoms with Crippen LogP contribution in [0.1, 0.15) is 10.5 Å². The molecule has 0 unspecified atom stereocenters. The normalized spacial score (nSPS) is 14.8. The maximum Gasteiger partial charge on any atom is 0.294 e. The van der Waals surface area contributed by atoms with Crippen molar-refractivity contribution in [3.63, 3.8) is 0 Å². The van der Waals surface area contributed by atoms with Gasteiger partial charge in [-0.15, -0.1) is 0 Å². The molecule has 1 aliphatic rings. The first-order valence-corrected chi connectivity index (χ1v) is 7.94. The highest BCUT2D eigenvalue weighted by Gasteiger charge is 2.27. The first-order valence-electron chi connectivity index (χ1n) is 7.57. The van der Waals surface area contributed by atoms with Crippen molar-refractivity contribution < 1.29 is 9.72 Å².